The van der Waals surface area contributed by atoms with E-state index in [1.165, 1.54) is 24.9 Å². The highest BCUT2D eigenvalue weighted by atomic mass is 32.2. The third kappa shape index (κ3) is 4.69. The number of ether oxygens (including phenoxy) is 1. The van der Waals surface area contributed by atoms with Crippen LogP contribution in [0, 0.1) is 18.3 Å². The Kier molecular flexibility index (Phi) is 5.55. The number of aromatic nitrogens is 2. The van der Waals surface area contributed by atoms with Crippen LogP contribution in [0.4, 0.5) is 0 Å². The summed E-state index contributed by atoms with van der Waals surface area (Å²) in [7, 11) is 1.29. The quantitative estimate of drug-likeness (QED) is 0.512. The summed E-state index contributed by atoms with van der Waals surface area (Å²) in [5, 5.41) is 9.39. The van der Waals surface area contributed by atoms with E-state index in [2.05, 4.69) is 20.8 Å². The number of hydrogen-bond donors (Lipinski definition) is 1. The SMILES string of the molecule is COC(=O)Cc1cc(=O)[nH]c(SCc2cc(C#N)ccc2C)n1. The van der Waals surface area contributed by atoms with Crippen molar-refractivity contribution >= 4 is 17.7 Å². The molecule has 0 saturated carbocycles. The molecule has 1 heterocycles. The molecular weight excluding hydrogens is 314 g/mol. The van der Waals surface area contributed by atoms with Gasteiger partial charge in [0.15, 0.2) is 5.16 Å². The predicted molar refractivity (Wildman–Crippen MR) is 86.0 cm³/mol. The predicted octanol–water partition coefficient (Wildman–Crippen LogP) is 1.96. The van der Waals surface area contributed by atoms with E-state index < -0.39 is 5.97 Å². The fourth-order valence-corrected chi connectivity index (χ4v) is 2.86. The van der Waals surface area contributed by atoms with E-state index in [9.17, 15) is 9.59 Å². The normalized spacial score (nSPS) is 10.1. The number of benzene rings is 1. The maximum atomic E-state index is 11.7. The highest BCUT2D eigenvalue weighted by molar-refractivity contribution is 7.98. The van der Waals surface area contributed by atoms with Crippen LogP contribution < -0.4 is 5.56 Å². The number of methoxy groups -OCH3 is 1. The Bertz CT molecular complexity index is 824. The summed E-state index contributed by atoms with van der Waals surface area (Å²) in [6.45, 7) is 1.96. The van der Waals surface area contributed by atoms with Crippen LogP contribution in [0.25, 0.3) is 0 Å². The number of H-pyrrole nitrogens is 1. The maximum Gasteiger partial charge on any atom is 0.311 e. The van der Waals surface area contributed by atoms with Crippen molar-refractivity contribution in [3.63, 3.8) is 0 Å². The minimum absolute atomic E-state index is 0.0447. The van der Waals surface area contributed by atoms with Crippen molar-refractivity contribution in [2.75, 3.05) is 7.11 Å². The highest BCUT2D eigenvalue weighted by Crippen LogP contribution is 2.22. The summed E-state index contributed by atoms with van der Waals surface area (Å²) in [4.78, 5) is 29.8. The number of nitrogens with one attached hydrogen (secondary N) is 1. The summed E-state index contributed by atoms with van der Waals surface area (Å²) in [6.07, 6.45) is -0.0447. The van der Waals surface area contributed by atoms with Gasteiger partial charge in [-0.1, -0.05) is 17.8 Å². The van der Waals surface area contributed by atoms with Crippen molar-refractivity contribution in [1.82, 2.24) is 9.97 Å². The molecule has 6 nitrogen and oxygen atoms in total. The zero-order valence-electron chi connectivity index (χ0n) is 12.8. The zero-order chi connectivity index (χ0) is 16.8. The van der Waals surface area contributed by atoms with Crippen molar-refractivity contribution < 1.29 is 9.53 Å². The second-order valence-corrected chi connectivity index (χ2v) is 5.80. The van der Waals surface area contributed by atoms with Crippen LogP contribution in [0.3, 0.4) is 0 Å². The minimum Gasteiger partial charge on any atom is -0.469 e. The molecule has 0 saturated heterocycles. The number of rotatable bonds is 5. The van der Waals surface area contributed by atoms with E-state index in [0.717, 1.165) is 11.1 Å². The standard InChI is InChI=1S/C16H15N3O3S/c1-10-3-4-11(8-17)5-12(10)9-23-16-18-13(6-14(20)19-16)7-15(21)22-2/h3-6H,7,9H2,1-2H3,(H,18,19,20). The topological polar surface area (TPSA) is 95.8 Å². The average molecular weight is 329 g/mol. The third-order valence-electron chi connectivity index (χ3n) is 3.17. The van der Waals surface area contributed by atoms with Crippen LogP contribution in [0.2, 0.25) is 0 Å². The molecule has 2 rings (SSSR count). The van der Waals surface area contributed by atoms with E-state index in [1.807, 2.05) is 19.1 Å². The van der Waals surface area contributed by atoms with Crippen molar-refractivity contribution in [3.8, 4) is 6.07 Å². The van der Waals surface area contributed by atoms with Gasteiger partial charge in [-0.05, 0) is 30.2 Å². The second kappa shape index (κ2) is 7.61. The first-order valence-corrected chi connectivity index (χ1v) is 7.80. The van der Waals surface area contributed by atoms with E-state index in [1.54, 1.807) is 6.07 Å². The number of esters is 1. The van der Waals surface area contributed by atoms with E-state index in [0.29, 0.717) is 22.2 Å². The van der Waals surface area contributed by atoms with Crippen LogP contribution in [0.5, 0.6) is 0 Å². The van der Waals surface area contributed by atoms with Crippen LogP contribution in [0.1, 0.15) is 22.4 Å². The molecule has 0 unspecified atom stereocenters. The lowest BCUT2D eigenvalue weighted by atomic mass is 10.1. The van der Waals surface area contributed by atoms with Gasteiger partial charge in [0.2, 0.25) is 0 Å². The van der Waals surface area contributed by atoms with Crippen molar-refractivity contribution in [3.05, 3.63) is 57.0 Å². The Balaban J connectivity index is 2.16. The molecular formula is C16H15N3O3S. The van der Waals surface area contributed by atoms with Crippen molar-refractivity contribution in [2.45, 2.75) is 24.3 Å². The van der Waals surface area contributed by atoms with Gasteiger partial charge in [0.05, 0.1) is 30.9 Å². The fraction of sp³-hybridized carbons (Fsp3) is 0.250. The number of nitriles is 1. The molecule has 118 valence electrons. The van der Waals surface area contributed by atoms with Crippen LogP contribution in [-0.4, -0.2) is 23.0 Å². The molecule has 0 fully saturated rings. The van der Waals surface area contributed by atoms with Gasteiger partial charge in [0.1, 0.15) is 0 Å². The summed E-state index contributed by atoms with van der Waals surface area (Å²) in [5.41, 5.74) is 2.70. The van der Waals surface area contributed by atoms with Crippen molar-refractivity contribution in [2.24, 2.45) is 0 Å². The Labute approximate surface area is 137 Å². The third-order valence-corrected chi connectivity index (χ3v) is 4.09. The number of hydrogen-bond acceptors (Lipinski definition) is 6. The molecule has 0 atom stereocenters. The summed E-state index contributed by atoms with van der Waals surface area (Å²) in [5.74, 6) is 0.114. The van der Waals surface area contributed by atoms with Gasteiger partial charge in [0, 0.05) is 11.8 Å². The number of carbonyl (C=O) groups excluding carboxylic acids is 1. The molecule has 0 amide bonds. The van der Waals surface area contributed by atoms with Gasteiger partial charge in [-0.15, -0.1) is 0 Å². The number of aryl methyl sites for hydroxylation is 1. The molecule has 0 aliphatic heterocycles. The lowest BCUT2D eigenvalue weighted by Crippen LogP contribution is -2.13. The molecule has 2 aromatic rings. The van der Waals surface area contributed by atoms with Crippen LogP contribution >= 0.6 is 11.8 Å². The first-order chi connectivity index (χ1) is 11.0. The Hall–Kier alpha value is -2.59. The van der Waals surface area contributed by atoms with Crippen LogP contribution in [0.15, 0.2) is 34.2 Å². The summed E-state index contributed by atoms with van der Waals surface area (Å²) in [6, 6.07) is 8.86. The monoisotopic (exact) mass is 329 g/mol. The average Bonchev–Trinajstić information content (AvgIpc) is 2.53. The lowest BCUT2D eigenvalue weighted by Gasteiger charge is -2.07. The fourth-order valence-electron chi connectivity index (χ4n) is 1.91. The van der Waals surface area contributed by atoms with E-state index >= 15 is 0 Å². The molecule has 7 heteroatoms. The van der Waals surface area contributed by atoms with Gasteiger partial charge < -0.3 is 9.72 Å². The summed E-state index contributed by atoms with van der Waals surface area (Å²) < 4.78 is 4.58. The second-order valence-electron chi connectivity index (χ2n) is 4.84. The van der Waals surface area contributed by atoms with E-state index in [4.69, 9.17) is 5.26 Å². The number of nitrogens with zero attached hydrogens (tertiary/aromatic N) is 2. The Morgan fingerprint density at radius 2 is 2.22 bits per heavy atom. The lowest BCUT2D eigenvalue weighted by molar-refractivity contribution is -0.139. The van der Waals surface area contributed by atoms with Gasteiger partial charge in [0.25, 0.3) is 5.56 Å². The first-order valence-electron chi connectivity index (χ1n) is 6.81. The first kappa shape index (κ1) is 16.8. The smallest absolute Gasteiger partial charge is 0.311 e. The van der Waals surface area contributed by atoms with Gasteiger partial charge in [-0.2, -0.15) is 5.26 Å². The largest absolute Gasteiger partial charge is 0.469 e. The highest BCUT2D eigenvalue weighted by Gasteiger charge is 2.09. The molecule has 0 bridgehead atoms. The number of aromatic amines is 1. The maximum absolute atomic E-state index is 11.7. The molecule has 23 heavy (non-hydrogen) atoms. The van der Waals surface area contributed by atoms with Gasteiger partial charge in [-0.25, -0.2) is 4.98 Å². The van der Waals surface area contributed by atoms with Gasteiger partial charge in [-0.3, -0.25) is 9.59 Å². The molecule has 1 N–H and O–H groups in total. The molecule has 0 aliphatic rings. The Morgan fingerprint density at radius 3 is 2.91 bits per heavy atom. The summed E-state index contributed by atoms with van der Waals surface area (Å²) >= 11 is 1.34. The van der Waals surface area contributed by atoms with E-state index in [-0.39, 0.29) is 12.0 Å². The molecule has 0 aliphatic carbocycles. The van der Waals surface area contributed by atoms with Gasteiger partial charge >= 0.3 is 5.97 Å². The zero-order valence-corrected chi connectivity index (χ0v) is 13.6. The molecule has 0 spiro atoms. The van der Waals surface area contributed by atoms with Crippen molar-refractivity contribution in [1.29, 1.82) is 5.26 Å². The Morgan fingerprint density at radius 1 is 1.43 bits per heavy atom. The molecule has 1 aromatic heterocycles. The molecule has 1 aromatic carbocycles. The minimum atomic E-state index is -0.448. The molecule has 0 radical (unpaired) electrons. The van der Waals surface area contributed by atoms with Crippen LogP contribution in [-0.2, 0) is 21.7 Å². The number of thioether (sulfide) groups is 1. The number of carbonyl (C=O) groups is 1.